The summed E-state index contributed by atoms with van der Waals surface area (Å²) in [6.45, 7) is 0. The molecule has 0 aliphatic rings. The molecule has 0 aliphatic heterocycles. The normalized spacial score (nSPS) is 9.90. The lowest BCUT2D eigenvalue weighted by molar-refractivity contribution is -0.385. The van der Waals surface area contributed by atoms with E-state index in [1.54, 1.807) is 12.1 Å². The summed E-state index contributed by atoms with van der Waals surface area (Å²) in [7, 11) is 1.43. The number of rotatable bonds is 5. The molecule has 104 valence electrons. The van der Waals surface area contributed by atoms with Crippen LogP contribution in [0.4, 0.5) is 11.5 Å². The molecule has 1 heterocycles. The van der Waals surface area contributed by atoms with E-state index in [1.807, 2.05) is 0 Å². The second-order valence-corrected chi connectivity index (χ2v) is 3.71. The number of methoxy groups -OCH3 is 1. The number of nitrogens with one attached hydrogen (secondary N) is 1. The highest BCUT2D eigenvalue weighted by Gasteiger charge is 2.17. The molecule has 0 spiro atoms. The molecule has 0 saturated carbocycles. The van der Waals surface area contributed by atoms with Crippen LogP contribution in [0.3, 0.4) is 0 Å². The standard InChI is InChI=1S/C12H12N4O4/c1-19-8-2-3-11(10(6-8)16(17)18)20-9-4-5-14-12(7-9)15-13/h2-7H,13H2,1H3,(H,14,15). The van der Waals surface area contributed by atoms with E-state index in [0.29, 0.717) is 17.3 Å². The monoisotopic (exact) mass is 276 g/mol. The molecule has 20 heavy (non-hydrogen) atoms. The number of nitrogens with two attached hydrogens (primary N) is 1. The first kappa shape index (κ1) is 13.6. The van der Waals surface area contributed by atoms with Crippen LogP contribution in [0.15, 0.2) is 36.5 Å². The number of nitrogen functional groups attached to an aromatic ring is 1. The average molecular weight is 276 g/mol. The van der Waals surface area contributed by atoms with Crippen LogP contribution in [-0.4, -0.2) is 17.0 Å². The molecule has 0 bridgehead atoms. The molecule has 0 unspecified atom stereocenters. The number of anilines is 1. The van der Waals surface area contributed by atoms with Crippen LogP contribution in [0.1, 0.15) is 0 Å². The summed E-state index contributed by atoms with van der Waals surface area (Å²) in [5.41, 5.74) is 2.17. The molecule has 2 rings (SSSR count). The van der Waals surface area contributed by atoms with Crippen molar-refractivity contribution < 1.29 is 14.4 Å². The van der Waals surface area contributed by atoms with Crippen molar-refractivity contribution in [3.63, 3.8) is 0 Å². The summed E-state index contributed by atoms with van der Waals surface area (Å²) >= 11 is 0. The minimum atomic E-state index is -0.541. The Morgan fingerprint density at radius 2 is 2.10 bits per heavy atom. The van der Waals surface area contributed by atoms with Gasteiger partial charge in [0.1, 0.15) is 17.3 Å². The van der Waals surface area contributed by atoms with Crippen molar-refractivity contribution in [2.24, 2.45) is 5.84 Å². The first-order valence-corrected chi connectivity index (χ1v) is 5.57. The zero-order chi connectivity index (χ0) is 14.5. The Hall–Kier alpha value is -2.87. The van der Waals surface area contributed by atoms with Crippen LogP contribution in [-0.2, 0) is 0 Å². The van der Waals surface area contributed by atoms with Crippen molar-refractivity contribution in [2.75, 3.05) is 12.5 Å². The number of benzene rings is 1. The van der Waals surface area contributed by atoms with Crippen LogP contribution in [0.25, 0.3) is 0 Å². The van der Waals surface area contributed by atoms with Crippen molar-refractivity contribution >= 4 is 11.5 Å². The molecule has 0 aliphatic carbocycles. The SMILES string of the molecule is COc1ccc(Oc2ccnc(NN)c2)c([N+](=O)[O-])c1. The summed E-state index contributed by atoms with van der Waals surface area (Å²) in [6, 6.07) is 7.42. The molecule has 0 radical (unpaired) electrons. The van der Waals surface area contributed by atoms with Crippen LogP contribution < -0.4 is 20.7 Å². The predicted octanol–water partition coefficient (Wildman–Crippen LogP) is 2.08. The van der Waals surface area contributed by atoms with E-state index < -0.39 is 4.92 Å². The van der Waals surface area contributed by atoms with E-state index in [1.165, 1.54) is 31.5 Å². The Labute approximate surface area is 114 Å². The van der Waals surface area contributed by atoms with Crippen molar-refractivity contribution in [1.29, 1.82) is 0 Å². The van der Waals surface area contributed by atoms with Crippen molar-refractivity contribution in [3.05, 3.63) is 46.6 Å². The third-order valence-electron chi connectivity index (χ3n) is 2.47. The van der Waals surface area contributed by atoms with Gasteiger partial charge in [-0.3, -0.25) is 10.1 Å². The molecule has 1 aromatic carbocycles. The van der Waals surface area contributed by atoms with E-state index in [-0.39, 0.29) is 11.4 Å². The number of hydrogen-bond donors (Lipinski definition) is 2. The molecule has 8 heteroatoms. The zero-order valence-electron chi connectivity index (χ0n) is 10.6. The van der Waals surface area contributed by atoms with Crippen LogP contribution in [0.5, 0.6) is 17.2 Å². The molecule has 0 amide bonds. The number of hydrogen-bond acceptors (Lipinski definition) is 7. The quantitative estimate of drug-likeness (QED) is 0.488. The third-order valence-corrected chi connectivity index (χ3v) is 2.47. The molecular formula is C12H12N4O4. The lowest BCUT2D eigenvalue weighted by Crippen LogP contribution is -2.08. The van der Waals surface area contributed by atoms with E-state index >= 15 is 0 Å². The first-order valence-electron chi connectivity index (χ1n) is 5.57. The van der Waals surface area contributed by atoms with E-state index in [4.69, 9.17) is 15.3 Å². The Morgan fingerprint density at radius 1 is 1.30 bits per heavy atom. The van der Waals surface area contributed by atoms with Gasteiger partial charge in [-0.2, -0.15) is 0 Å². The maximum atomic E-state index is 11.0. The number of aromatic nitrogens is 1. The number of nitrogens with zero attached hydrogens (tertiary/aromatic N) is 2. The zero-order valence-corrected chi connectivity index (χ0v) is 10.6. The fourth-order valence-corrected chi connectivity index (χ4v) is 1.53. The fourth-order valence-electron chi connectivity index (χ4n) is 1.53. The highest BCUT2D eigenvalue weighted by Crippen LogP contribution is 2.34. The lowest BCUT2D eigenvalue weighted by atomic mass is 10.2. The van der Waals surface area contributed by atoms with Crippen LogP contribution in [0.2, 0.25) is 0 Å². The first-order chi connectivity index (χ1) is 9.63. The molecule has 2 aromatic rings. The summed E-state index contributed by atoms with van der Waals surface area (Å²) in [4.78, 5) is 14.4. The molecule has 1 aromatic heterocycles. The summed E-state index contributed by atoms with van der Waals surface area (Å²) in [5.74, 6) is 6.48. The minimum absolute atomic E-state index is 0.102. The van der Waals surface area contributed by atoms with Gasteiger partial charge in [0.2, 0.25) is 5.75 Å². The Kier molecular flexibility index (Phi) is 3.96. The summed E-state index contributed by atoms with van der Waals surface area (Å²) in [6.07, 6.45) is 1.47. The largest absolute Gasteiger partial charge is 0.496 e. The number of ether oxygens (including phenoxy) is 2. The number of hydrazine groups is 1. The van der Waals surface area contributed by atoms with Crippen LogP contribution in [0, 0.1) is 10.1 Å². The van der Waals surface area contributed by atoms with Gasteiger partial charge in [-0.1, -0.05) is 0 Å². The van der Waals surface area contributed by atoms with E-state index in [0.717, 1.165) is 0 Å². The Balaban J connectivity index is 2.34. The van der Waals surface area contributed by atoms with Gasteiger partial charge >= 0.3 is 5.69 Å². The van der Waals surface area contributed by atoms with E-state index in [9.17, 15) is 10.1 Å². The lowest BCUT2D eigenvalue weighted by Gasteiger charge is -2.08. The van der Waals surface area contributed by atoms with Gasteiger partial charge < -0.3 is 14.9 Å². The molecule has 0 saturated heterocycles. The summed E-state index contributed by atoms with van der Waals surface area (Å²) in [5, 5.41) is 11.0. The number of nitro benzene ring substituents is 1. The second kappa shape index (κ2) is 5.85. The second-order valence-electron chi connectivity index (χ2n) is 3.71. The van der Waals surface area contributed by atoms with Crippen LogP contribution >= 0.6 is 0 Å². The van der Waals surface area contributed by atoms with Gasteiger partial charge in [-0.05, 0) is 18.2 Å². The number of nitro groups is 1. The Morgan fingerprint density at radius 3 is 2.75 bits per heavy atom. The van der Waals surface area contributed by atoms with Crippen molar-refractivity contribution in [3.8, 4) is 17.2 Å². The topological polar surface area (TPSA) is 113 Å². The fraction of sp³-hybridized carbons (Fsp3) is 0.0833. The van der Waals surface area contributed by atoms with Crippen molar-refractivity contribution in [1.82, 2.24) is 4.98 Å². The van der Waals surface area contributed by atoms with Gasteiger partial charge in [0.15, 0.2) is 0 Å². The van der Waals surface area contributed by atoms with Gasteiger partial charge in [0.25, 0.3) is 0 Å². The Bertz CT molecular complexity index is 633. The third kappa shape index (κ3) is 2.93. The minimum Gasteiger partial charge on any atom is -0.496 e. The smallest absolute Gasteiger partial charge is 0.315 e. The van der Waals surface area contributed by atoms with Gasteiger partial charge in [0.05, 0.1) is 18.1 Å². The molecular weight excluding hydrogens is 264 g/mol. The van der Waals surface area contributed by atoms with Gasteiger partial charge in [-0.25, -0.2) is 10.8 Å². The van der Waals surface area contributed by atoms with Gasteiger partial charge in [0, 0.05) is 12.3 Å². The molecule has 0 fully saturated rings. The molecule has 8 nitrogen and oxygen atoms in total. The molecule has 3 N–H and O–H groups in total. The maximum Gasteiger partial charge on any atom is 0.315 e. The highest BCUT2D eigenvalue weighted by molar-refractivity contribution is 5.53. The maximum absolute atomic E-state index is 11.0. The predicted molar refractivity (Wildman–Crippen MR) is 71.8 cm³/mol. The van der Waals surface area contributed by atoms with E-state index in [2.05, 4.69) is 10.4 Å². The number of pyridine rings is 1. The molecule has 0 atom stereocenters. The average Bonchev–Trinajstić information content (AvgIpc) is 2.47. The van der Waals surface area contributed by atoms with Gasteiger partial charge in [-0.15, -0.1) is 0 Å². The highest BCUT2D eigenvalue weighted by atomic mass is 16.6. The van der Waals surface area contributed by atoms with Crippen molar-refractivity contribution in [2.45, 2.75) is 0 Å². The summed E-state index contributed by atoms with van der Waals surface area (Å²) < 4.78 is 10.4.